The van der Waals surface area contributed by atoms with Gasteiger partial charge in [0.1, 0.15) is 17.6 Å². The molecule has 0 spiro atoms. The van der Waals surface area contributed by atoms with Gasteiger partial charge in [0.2, 0.25) is 5.43 Å². The molecule has 1 aliphatic carbocycles. The Morgan fingerprint density at radius 1 is 1.07 bits per heavy atom. The minimum Gasteiger partial charge on any atom is -0.505 e. The second kappa shape index (κ2) is 7.06. The largest absolute Gasteiger partial charge is 0.505 e. The molecule has 2 aromatic carbocycles. The maximum atomic E-state index is 14.5. The Hall–Kier alpha value is -3.54. The number of phenols is 1. The summed E-state index contributed by atoms with van der Waals surface area (Å²) in [5, 5.41) is 10.4. The minimum atomic E-state index is -0.923. The summed E-state index contributed by atoms with van der Waals surface area (Å²) >= 11 is 0. The van der Waals surface area contributed by atoms with Crippen LogP contribution >= 0.6 is 0 Å². The fourth-order valence-corrected chi connectivity index (χ4v) is 3.94. The molecule has 2 aliphatic rings. The number of hydrogen-bond donors (Lipinski definition) is 1. The summed E-state index contributed by atoms with van der Waals surface area (Å²) in [6.45, 7) is 5.01. The third-order valence-electron chi connectivity index (χ3n) is 5.47. The number of aldehydes is 1. The Morgan fingerprint density at radius 3 is 2.43 bits per heavy atom. The van der Waals surface area contributed by atoms with Crippen molar-refractivity contribution in [3.05, 3.63) is 74.4 Å². The van der Waals surface area contributed by atoms with Crippen LogP contribution in [0.1, 0.15) is 34.0 Å². The van der Waals surface area contributed by atoms with Crippen LogP contribution in [0.3, 0.4) is 0 Å². The Morgan fingerprint density at radius 2 is 1.80 bits per heavy atom. The molecule has 1 N–H and O–H groups in total. The van der Waals surface area contributed by atoms with E-state index in [4.69, 9.17) is 4.42 Å². The zero-order valence-corrected chi connectivity index (χ0v) is 16.6. The highest BCUT2D eigenvalue weighted by Crippen LogP contribution is 2.45. The Kier molecular flexibility index (Phi) is 4.65. The fourth-order valence-electron chi connectivity index (χ4n) is 3.94. The molecule has 0 unspecified atom stereocenters. The molecule has 6 heteroatoms. The first kappa shape index (κ1) is 19.8. The number of carbonyl (C=O) groups excluding carboxylic acids is 1. The Bertz CT molecular complexity index is 1370. The van der Waals surface area contributed by atoms with Crippen molar-refractivity contribution >= 4 is 17.3 Å². The fraction of sp³-hybridized carbons (Fsp3) is 0.167. The Balaban J connectivity index is 2.30. The van der Waals surface area contributed by atoms with Gasteiger partial charge < -0.3 is 9.52 Å². The number of fused-ring (bicyclic) bond motifs is 2. The summed E-state index contributed by atoms with van der Waals surface area (Å²) < 4.78 is 34.9. The monoisotopic (exact) mass is 408 g/mol. The SMILES string of the molecule is CCc1c2oc3c(C)c(O)c(F)cc3c(-c3ccc(C=O)cc3C)c-2cc(F)c1=O. The van der Waals surface area contributed by atoms with Crippen LogP contribution in [-0.4, -0.2) is 11.4 Å². The molecule has 0 saturated heterocycles. The summed E-state index contributed by atoms with van der Waals surface area (Å²) in [7, 11) is 0. The number of carbonyl (C=O) groups is 1. The molecule has 0 saturated carbocycles. The normalized spacial score (nSPS) is 11.4. The van der Waals surface area contributed by atoms with Gasteiger partial charge in [-0.1, -0.05) is 19.1 Å². The molecular formula is C24H18F2O4. The van der Waals surface area contributed by atoms with Gasteiger partial charge in [-0.15, -0.1) is 0 Å². The topological polar surface area (TPSA) is 67.5 Å². The van der Waals surface area contributed by atoms with Gasteiger partial charge in [-0.05, 0) is 49.6 Å². The Labute approximate surface area is 170 Å². The molecule has 0 atom stereocenters. The van der Waals surface area contributed by atoms with Crippen LogP contribution in [0.2, 0.25) is 0 Å². The van der Waals surface area contributed by atoms with Crippen molar-refractivity contribution < 1.29 is 23.1 Å². The maximum Gasteiger partial charge on any atom is 0.221 e. The van der Waals surface area contributed by atoms with Gasteiger partial charge in [0, 0.05) is 33.2 Å². The van der Waals surface area contributed by atoms with E-state index >= 15 is 0 Å². The smallest absolute Gasteiger partial charge is 0.221 e. The van der Waals surface area contributed by atoms with E-state index in [2.05, 4.69) is 0 Å². The van der Waals surface area contributed by atoms with Crippen molar-refractivity contribution in [1.82, 2.24) is 0 Å². The first-order valence-corrected chi connectivity index (χ1v) is 9.44. The zero-order chi connectivity index (χ0) is 21.7. The number of hydrogen-bond acceptors (Lipinski definition) is 4. The van der Waals surface area contributed by atoms with Crippen LogP contribution in [0.15, 0.2) is 39.5 Å². The second-order valence-electron chi connectivity index (χ2n) is 7.27. The number of benzene rings is 3. The number of phenolic OH excluding ortho intramolecular Hbond substituents is 1. The molecule has 1 aliphatic heterocycles. The maximum absolute atomic E-state index is 14.5. The van der Waals surface area contributed by atoms with Crippen LogP contribution in [0.4, 0.5) is 8.78 Å². The number of halogens is 2. The van der Waals surface area contributed by atoms with Crippen molar-refractivity contribution in [3.63, 3.8) is 0 Å². The van der Waals surface area contributed by atoms with Crippen LogP contribution in [0.5, 0.6) is 5.75 Å². The van der Waals surface area contributed by atoms with Gasteiger partial charge in [-0.25, -0.2) is 8.78 Å². The molecule has 0 amide bonds. The highest BCUT2D eigenvalue weighted by atomic mass is 19.1. The van der Waals surface area contributed by atoms with Crippen molar-refractivity contribution in [1.29, 1.82) is 0 Å². The first-order valence-electron chi connectivity index (χ1n) is 9.44. The standard InChI is InChI=1S/C24H18F2O4/c1-4-14-22(29)19(26)9-17-20(15-6-5-13(10-27)7-11(15)2)16-8-18(25)21(28)12(3)23(16)30-24(14)17/h5-10,28H,4H2,1-3H3. The number of aryl methyl sites for hydroxylation is 2. The summed E-state index contributed by atoms with van der Waals surface area (Å²) in [6, 6.07) is 7.22. The molecular weight excluding hydrogens is 390 g/mol. The summed E-state index contributed by atoms with van der Waals surface area (Å²) in [4.78, 5) is 23.5. The summed E-state index contributed by atoms with van der Waals surface area (Å²) in [5.74, 6) is -2.12. The summed E-state index contributed by atoms with van der Waals surface area (Å²) in [5.41, 5.74) is 2.40. The van der Waals surface area contributed by atoms with E-state index in [9.17, 15) is 23.5 Å². The minimum absolute atomic E-state index is 0.165. The lowest BCUT2D eigenvalue weighted by Gasteiger charge is -2.20. The molecule has 4 rings (SSSR count). The molecule has 0 aromatic heterocycles. The van der Waals surface area contributed by atoms with Crippen molar-refractivity contribution in [2.45, 2.75) is 27.2 Å². The van der Waals surface area contributed by atoms with Crippen LogP contribution < -0.4 is 5.43 Å². The van der Waals surface area contributed by atoms with E-state index in [-0.39, 0.29) is 28.9 Å². The van der Waals surface area contributed by atoms with Gasteiger partial charge in [-0.2, -0.15) is 0 Å². The summed E-state index contributed by atoms with van der Waals surface area (Å²) in [6.07, 6.45) is 0.949. The lowest BCUT2D eigenvalue weighted by Crippen LogP contribution is -2.15. The highest BCUT2D eigenvalue weighted by Gasteiger charge is 2.26. The van der Waals surface area contributed by atoms with E-state index in [1.807, 2.05) is 0 Å². The van der Waals surface area contributed by atoms with Gasteiger partial charge in [0.15, 0.2) is 17.4 Å². The second-order valence-corrected chi connectivity index (χ2v) is 7.27. The lowest BCUT2D eigenvalue weighted by atomic mass is 9.88. The number of rotatable bonds is 3. The molecule has 30 heavy (non-hydrogen) atoms. The zero-order valence-electron chi connectivity index (χ0n) is 16.6. The molecule has 0 radical (unpaired) electrons. The van der Waals surface area contributed by atoms with Crippen molar-refractivity contribution in [3.8, 4) is 28.2 Å². The van der Waals surface area contributed by atoms with E-state index in [1.165, 1.54) is 6.92 Å². The van der Waals surface area contributed by atoms with Gasteiger partial charge in [-0.3, -0.25) is 9.59 Å². The molecule has 4 nitrogen and oxygen atoms in total. The van der Waals surface area contributed by atoms with Crippen LogP contribution in [-0.2, 0) is 6.42 Å². The van der Waals surface area contributed by atoms with E-state index in [0.29, 0.717) is 39.5 Å². The van der Waals surface area contributed by atoms with E-state index in [1.54, 1.807) is 32.0 Å². The van der Waals surface area contributed by atoms with Crippen molar-refractivity contribution in [2.75, 3.05) is 0 Å². The predicted octanol–water partition coefficient (Wildman–Crippen LogP) is 5.54. The van der Waals surface area contributed by atoms with Crippen LogP contribution in [0.25, 0.3) is 33.4 Å². The molecule has 1 heterocycles. The van der Waals surface area contributed by atoms with E-state index in [0.717, 1.165) is 12.1 Å². The van der Waals surface area contributed by atoms with Gasteiger partial charge in [0.05, 0.1) is 0 Å². The average Bonchev–Trinajstić information content (AvgIpc) is 2.73. The quantitative estimate of drug-likeness (QED) is 0.357. The van der Waals surface area contributed by atoms with Crippen LogP contribution in [0, 0.1) is 25.5 Å². The molecule has 2 aromatic rings. The third-order valence-corrected chi connectivity index (χ3v) is 5.47. The third kappa shape index (κ3) is 2.79. The number of aromatic hydroxyl groups is 1. The van der Waals surface area contributed by atoms with Gasteiger partial charge in [0.25, 0.3) is 0 Å². The predicted molar refractivity (Wildman–Crippen MR) is 110 cm³/mol. The average molecular weight is 408 g/mol. The molecule has 0 bridgehead atoms. The van der Waals surface area contributed by atoms with Crippen molar-refractivity contribution in [2.24, 2.45) is 0 Å². The highest BCUT2D eigenvalue weighted by molar-refractivity contribution is 6.04. The lowest BCUT2D eigenvalue weighted by molar-refractivity contribution is 0.112. The molecule has 152 valence electrons. The molecule has 0 fully saturated rings. The van der Waals surface area contributed by atoms with E-state index < -0.39 is 22.8 Å². The first-order chi connectivity index (χ1) is 14.3. The van der Waals surface area contributed by atoms with Gasteiger partial charge >= 0.3 is 0 Å².